The van der Waals surface area contributed by atoms with E-state index in [4.69, 9.17) is 23.2 Å². The van der Waals surface area contributed by atoms with Gasteiger partial charge in [0.1, 0.15) is 6.29 Å². The highest BCUT2D eigenvalue weighted by Gasteiger charge is 2.16. The Morgan fingerprint density at radius 2 is 1.28 bits per heavy atom. The number of carbonyl (C=O) groups excluding carboxylic acids is 1. The smallest absolute Gasteiger partial charge is 0.150 e. The molecule has 0 atom stereocenters. The van der Waals surface area contributed by atoms with Gasteiger partial charge < -0.3 is 4.57 Å². The monoisotopic (exact) mass is 367 g/mol. The summed E-state index contributed by atoms with van der Waals surface area (Å²) in [5.74, 6) is 0. The van der Waals surface area contributed by atoms with E-state index in [2.05, 4.69) is 4.57 Å². The molecule has 0 aliphatic heterocycles. The molecule has 0 N–H and O–H groups in total. The molecule has 0 bridgehead atoms. The number of halogens is 2. The number of aryl methyl sites for hydroxylation is 2. The average molecular weight is 368 g/mol. The molecule has 4 aromatic rings. The number of carbonyl (C=O) groups is 1. The summed E-state index contributed by atoms with van der Waals surface area (Å²) in [7, 11) is 0. The largest absolute Gasteiger partial charge is 0.309 e. The van der Waals surface area contributed by atoms with Crippen molar-refractivity contribution in [3.8, 4) is 5.69 Å². The third-order valence-electron chi connectivity index (χ3n) is 4.56. The van der Waals surface area contributed by atoms with Gasteiger partial charge in [0, 0.05) is 26.4 Å². The Kier molecular flexibility index (Phi) is 3.82. The SMILES string of the molecule is Cc1cc(C=O)cc(C)c1-n1c2ccc(Cl)cc2c2cc(Cl)ccc21. The van der Waals surface area contributed by atoms with Gasteiger partial charge in [-0.25, -0.2) is 0 Å². The van der Waals surface area contributed by atoms with Gasteiger partial charge in [0.15, 0.2) is 0 Å². The molecule has 0 aliphatic rings. The maximum Gasteiger partial charge on any atom is 0.150 e. The normalized spacial score (nSPS) is 11.4. The van der Waals surface area contributed by atoms with Crippen LogP contribution in [0.25, 0.3) is 27.5 Å². The Bertz CT molecular complexity index is 1080. The zero-order valence-corrected chi connectivity index (χ0v) is 15.3. The Morgan fingerprint density at radius 3 is 1.72 bits per heavy atom. The maximum atomic E-state index is 11.2. The number of benzene rings is 3. The van der Waals surface area contributed by atoms with E-state index in [1.165, 1.54) is 0 Å². The van der Waals surface area contributed by atoms with Crippen molar-refractivity contribution in [2.75, 3.05) is 0 Å². The van der Waals surface area contributed by atoms with E-state index in [1.54, 1.807) is 0 Å². The summed E-state index contributed by atoms with van der Waals surface area (Å²) in [4.78, 5) is 11.2. The average Bonchev–Trinajstić information content (AvgIpc) is 2.87. The van der Waals surface area contributed by atoms with E-state index in [1.807, 2.05) is 62.4 Å². The van der Waals surface area contributed by atoms with E-state index in [0.717, 1.165) is 44.9 Å². The molecule has 1 aromatic heterocycles. The lowest BCUT2D eigenvalue weighted by Crippen LogP contribution is -2.01. The quantitative estimate of drug-likeness (QED) is 0.369. The number of hydrogen-bond acceptors (Lipinski definition) is 1. The number of rotatable bonds is 2. The van der Waals surface area contributed by atoms with Crippen LogP contribution in [-0.4, -0.2) is 10.9 Å². The minimum Gasteiger partial charge on any atom is -0.309 e. The molecule has 0 amide bonds. The fourth-order valence-corrected chi connectivity index (χ4v) is 3.96. The van der Waals surface area contributed by atoms with Crippen molar-refractivity contribution in [1.82, 2.24) is 4.57 Å². The maximum absolute atomic E-state index is 11.2. The summed E-state index contributed by atoms with van der Waals surface area (Å²) < 4.78 is 2.22. The van der Waals surface area contributed by atoms with E-state index >= 15 is 0 Å². The van der Waals surface area contributed by atoms with E-state index in [0.29, 0.717) is 15.6 Å². The summed E-state index contributed by atoms with van der Waals surface area (Å²) in [5.41, 5.74) is 5.98. The zero-order valence-electron chi connectivity index (χ0n) is 13.8. The molecule has 25 heavy (non-hydrogen) atoms. The van der Waals surface area contributed by atoms with Crippen molar-refractivity contribution in [2.24, 2.45) is 0 Å². The number of nitrogens with zero attached hydrogens (tertiary/aromatic N) is 1. The minimum absolute atomic E-state index is 0.686. The van der Waals surface area contributed by atoms with Crippen molar-refractivity contribution in [3.63, 3.8) is 0 Å². The van der Waals surface area contributed by atoms with Crippen LogP contribution in [0.4, 0.5) is 0 Å². The molecular formula is C21H15Cl2NO. The second-order valence-corrected chi connectivity index (χ2v) is 7.15. The molecule has 0 radical (unpaired) electrons. The van der Waals surface area contributed by atoms with Crippen LogP contribution in [0.5, 0.6) is 0 Å². The van der Waals surface area contributed by atoms with Crippen molar-refractivity contribution >= 4 is 51.3 Å². The molecular weight excluding hydrogens is 353 g/mol. The molecule has 0 saturated carbocycles. The predicted molar refractivity (Wildman–Crippen MR) is 106 cm³/mol. The van der Waals surface area contributed by atoms with Crippen LogP contribution in [0.2, 0.25) is 10.0 Å². The first-order valence-electron chi connectivity index (χ1n) is 7.95. The van der Waals surface area contributed by atoms with Gasteiger partial charge >= 0.3 is 0 Å². The van der Waals surface area contributed by atoms with E-state index in [-0.39, 0.29) is 0 Å². The number of hydrogen-bond donors (Lipinski definition) is 0. The van der Waals surface area contributed by atoms with Gasteiger partial charge in [-0.05, 0) is 73.5 Å². The highest BCUT2D eigenvalue weighted by molar-refractivity contribution is 6.33. The molecule has 4 heteroatoms. The van der Waals surface area contributed by atoms with Gasteiger partial charge in [-0.1, -0.05) is 23.2 Å². The summed E-state index contributed by atoms with van der Waals surface area (Å²) >= 11 is 12.5. The summed E-state index contributed by atoms with van der Waals surface area (Å²) in [5, 5.41) is 3.50. The minimum atomic E-state index is 0.686. The van der Waals surface area contributed by atoms with Crippen LogP contribution < -0.4 is 0 Å². The standard InChI is InChI=1S/C21H15Cl2NO/c1-12-7-14(11-25)8-13(2)21(12)24-19-5-3-15(22)9-17(19)18-10-16(23)4-6-20(18)24/h3-11H,1-2H3. The van der Waals surface area contributed by atoms with Crippen molar-refractivity contribution in [1.29, 1.82) is 0 Å². The van der Waals surface area contributed by atoms with Crippen LogP contribution in [0, 0.1) is 13.8 Å². The first-order chi connectivity index (χ1) is 12.0. The Labute approximate surface area is 155 Å². The van der Waals surface area contributed by atoms with E-state index < -0.39 is 0 Å². The molecule has 124 valence electrons. The second-order valence-electron chi connectivity index (χ2n) is 6.28. The zero-order chi connectivity index (χ0) is 17.7. The molecule has 0 spiro atoms. The van der Waals surface area contributed by atoms with Crippen molar-refractivity contribution in [3.05, 3.63) is 75.3 Å². The van der Waals surface area contributed by atoms with Gasteiger partial charge in [0.25, 0.3) is 0 Å². The Morgan fingerprint density at radius 1 is 0.800 bits per heavy atom. The van der Waals surface area contributed by atoms with Crippen molar-refractivity contribution in [2.45, 2.75) is 13.8 Å². The molecule has 0 aliphatic carbocycles. The summed E-state index contributed by atoms with van der Waals surface area (Å²) in [6.45, 7) is 4.05. The lowest BCUT2D eigenvalue weighted by atomic mass is 10.0. The molecule has 1 heterocycles. The Balaban J connectivity index is 2.20. The molecule has 0 fully saturated rings. The van der Waals surface area contributed by atoms with Crippen LogP contribution in [0.3, 0.4) is 0 Å². The Hall–Kier alpha value is -2.29. The van der Waals surface area contributed by atoms with Crippen LogP contribution in [0.15, 0.2) is 48.5 Å². The number of fused-ring (bicyclic) bond motifs is 3. The first-order valence-corrected chi connectivity index (χ1v) is 8.71. The molecule has 2 nitrogen and oxygen atoms in total. The lowest BCUT2D eigenvalue weighted by molar-refractivity contribution is 0.112. The van der Waals surface area contributed by atoms with E-state index in [9.17, 15) is 4.79 Å². The lowest BCUT2D eigenvalue weighted by Gasteiger charge is -2.15. The van der Waals surface area contributed by atoms with Gasteiger partial charge in [-0.3, -0.25) is 4.79 Å². The fraction of sp³-hybridized carbons (Fsp3) is 0.0952. The van der Waals surface area contributed by atoms with Gasteiger partial charge in [0.2, 0.25) is 0 Å². The number of aromatic nitrogens is 1. The first kappa shape index (κ1) is 16.2. The topological polar surface area (TPSA) is 22.0 Å². The molecule has 3 aromatic carbocycles. The van der Waals surface area contributed by atoms with Crippen LogP contribution >= 0.6 is 23.2 Å². The highest BCUT2D eigenvalue weighted by Crippen LogP contribution is 2.36. The molecule has 4 rings (SSSR count). The van der Waals surface area contributed by atoms with Gasteiger partial charge in [-0.2, -0.15) is 0 Å². The van der Waals surface area contributed by atoms with Crippen LogP contribution in [0.1, 0.15) is 21.5 Å². The molecule has 0 unspecified atom stereocenters. The van der Waals surface area contributed by atoms with Crippen molar-refractivity contribution < 1.29 is 4.79 Å². The fourth-order valence-electron chi connectivity index (χ4n) is 3.62. The second kappa shape index (κ2) is 5.91. The highest BCUT2D eigenvalue weighted by atomic mass is 35.5. The van der Waals surface area contributed by atoms with Crippen LogP contribution in [-0.2, 0) is 0 Å². The predicted octanol–water partition coefficient (Wildman–Crippen LogP) is 6.52. The summed E-state index contributed by atoms with van der Waals surface area (Å²) in [6, 6.07) is 15.6. The van der Waals surface area contributed by atoms with Gasteiger partial charge in [0.05, 0.1) is 16.7 Å². The third-order valence-corrected chi connectivity index (χ3v) is 5.03. The van der Waals surface area contributed by atoms with Gasteiger partial charge in [-0.15, -0.1) is 0 Å². The molecule has 0 saturated heterocycles. The summed E-state index contributed by atoms with van der Waals surface area (Å²) in [6.07, 6.45) is 0.884. The number of aldehydes is 1. The third kappa shape index (κ3) is 2.53.